The molecule has 1 amide bonds. The van der Waals surface area contributed by atoms with Crippen molar-refractivity contribution in [2.24, 2.45) is 0 Å². The van der Waals surface area contributed by atoms with Crippen molar-refractivity contribution >= 4 is 39.9 Å². The topological polar surface area (TPSA) is 77.3 Å². The van der Waals surface area contributed by atoms with Crippen LogP contribution in [-0.4, -0.2) is 40.1 Å². The van der Waals surface area contributed by atoms with Crippen molar-refractivity contribution < 1.29 is 27.5 Å². The van der Waals surface area contributed by atoms with Gasteiger partial charge in [-0.15, -0.1) is 0 Å². The molecule has 11 heteroatoms. The number of alkyl halides is 3. The Labute approximate surface area is 201 Å². The van der Waals surface area contributed by atoms with Gasteiger partial charge in [-0.25, -0.2) is 4.68 Å². The van der Waals surface area contributed by atoms with Crippen molar-refractivity contribution in [2.45, 2.75) is 12.6 Å². The first-order valence-electron chi connectivity index (χ1n) is 10.4. The maximum atomic E-state index is 14.2. The number of ether oxygens (including phenoxy) is 1. The summed E-state index contributed by atoms with van der Waals surface area (Å²) in [4.78, 5) is 30.6. The van der Waals surface area contributed by atoms with E-state index in [0.29, 0.717) is 22.2 Å². The molecule has 4 aromatic rings. The number of ketones is 1. The summed E-state index contributed by atoms with van der Waals surface area (Å²) in [5.74, 6) is -0.843. The molecule has 0 spiro atoms. The number of fused-ring (bicyclic) bond motifs is 2. The van der Waals surface area contributed by atoms with Crippen LogP contribution in [0, 0.1) is 0 Å². The number of anilines is 1. The van der Waals surface area contributed by atoms with Gasteiger partial charge in [-0.05, 0) is 42.0 Å². The molecule has 2 aromatic carbocycles. The second-order valence-electron chi connectivity index (χ2n) is 7.93. The van der Waals surface area contributed by atoms with Crippen LogP contribution in [0.3, 0.4) is 0 Å². The molecule has 0 atom stereocenters. The van der Waals surface area contributed by atoms with Gasteiger partial charge in [0.25, 0.3) is 5.91 Å². The van der Waals surface area contributed by atoms with Gasteiger partial charge in [0.05, 0.1) is 33.7 Å². The third-order valence-corrected chi connectivity index (χ3v) is 5.99. The van der Waals surface area contributed by atoms with E-state index in [1.54, 1.807) is 24.3 Å². The van der Waals surface area contributed by atoms with Crippen molar-refractivity contribution in [3.63, 3.8) is 0 Å². The van der Waals surface area contributed by atoms with Crippen molar-refractivity contribution in [2.75, 3.05) is 18.6 Å². The molecule has 0 saturated carbocycles. The van der Waals surface area contributed by atoms with Crippen LogP contribution in [0.1, 0.15) is 21.6 Å². The predicted molar refractivity (Wildman–Crippen MR) is 122 cm³/mol. The van der Waals surface area contributed by atoms with Gasteiger partial charge in [0, 0.05) is 25.1 Å². The second-order valence-corrected chi connectivity index (χ2v) is 8.34. The van der Waals surface area contributed by atoms with Crippen LogP contribution in [0.5, 0.6) is 5.75 Å². The largest absolute Gasteiger partial charge is 0.480 e. The minimum absolute atomic E-state index is 0.149. The van der Waals surface area contributed by atoms with E-state index in [9.17, 15) is 22.8 Å². The average molecular weight is 501 g/mol. The van der Waals surface area contributed by atoms with E-state index in [-0.39, 0.29) is 35.4 Å². The monoisotopic (exact) mass is 500 g/mol. The van der Waals surface area contributed by atoms with Crippen LogP contribution in [0.4, 0.5) is 18.9 Å². The highest BCUT2D eigenvalue weighted by Gasteiger charge is 2.40. The van der Waals surface area contributed by atoms with Gasteiger partial charge >= 0.3 is 6.18 Å². The van der Waals surface area contributed by atoms with Crippen LogP contribution >= 0.6 is 11.6 Å². The third kappa shape index (κ3) is 3.99. The molecule has 1 aliphatic heterocycles. The molecule has 5 rings (SSSR count). The highest BCUT2D eigenvalue weighted by molar-refractivity contribution is 6.33. The first-order valence-corrected chi connectivity index (χ1v) is 10.8. The number of likely N-dealkylation sites (N-methyl/N-ethyl adjacent to an activating group) is 1. The van der Waals surface area contributed by atoms with Gasteiger partial charge in [0.2, 0.25) is 0 Å². The summed E-state index contributed by atoms with van der Waals surface area (Å²) in [6.45, 7) is -0.181. The Bertz CT molecular complexity index is 1490. The number of carbonyl (C=O) groups excluding carboxylic acids is 2. The molecule has 3 heterocycles. The summed E-state index contributed by atoms with van der Waals surface area (Å²) in [6, 6.07) is 10.9. The van der Waals surface area contributed by atoms with Gasteiger partial charge in [-0.3, -0.25) is 14.6 Å². The maximum absolute atomic E-state index is 14.2. The number of benzene rings is 2. The minimum Gasteiger partial charge on any atom is -0.480 e. The first kappa shape index (κ1) is 22.9. The summed E-state index contributed by atoms with van der Waals surface area (Å²) >= 11 is 6.26. The number of hydrogen-bond acceptors (Lipinski definition) is 5. The highest BCUT2D eigenvalue weighted by atomic mass is 35.5. The van der Waals surface area contributed by atoms with E-state index in [1.807, 2.05) is 0 Å². The lowest BCUT2D eigenvalue weighted by molar-refractivity contribution is -0.143. The van der Waals surface area contributed by atoms with Crippen LogP contribution in [0.2, 0.25) is 5.02 Å². The number of Topliss-reactive ketones (excluding diaryl/α,β-unsaturated/α-hetero) is 1. The number of carbonyl (C=O) groups is 2. The van der Waals surface area contributed by atoms with E-state index in [2.05, 4.69) is 10.1 Å². The molecule has 0 saturated heterocycles. The Kier molecular flexibility index (Phi) is 5.47. The normalized spacial score (nSPS) is 13.6. The molecule has 0 bridgehead atoms. The smallest absolute Gasteiger partial charge is 0.434 e. The molecule has 7 nitrogen and oxygen atoms in total. The zero-order chi connectivity index (χ0) is 24.9. The molecule has 2 aromatic heterocycles. The predicted octanol–water partition coefficient (Wildman–Crippen LogP) is 4.87. The molecule has 0 N–H and O–H groups in total. The van der Waals surface area contributed by atoms with Gasteiger partial charge in [0.1, 0.15) is 0 Å². The van der Waals surface area contributed by atoms with Crippen molar-refractivity contribution in [3.8, 4) is 11.4 Å². The molecule has 0 unspecified atom stereocenters. The third-order valence-electron chi connectivity index (χ3n) is 5.71. The molecule has 1 aliphatic rings. The zero-order valence-electron chi connectivity index (χ0n) is 18.1. The number of amides is 1. The van der Waals surface area contributed by atoms with Crippen molar-refractivity contribution in [1.29, 1.82) is 0 Å². The minimum atomic E-state index is -4.86. The van der Waals surface area contributed by atoms with Crippen molar-refractivity contribution in [3.05, 3.63) is 76.7 Å². The van der Waals surface area contributed by atoms with Crippen LogP contribution in [0.25, 0.3) is 16.6 Å². The lowest BCUT2D eigenvalue weighted by Crippen LogP contribution is -2.35. The highest BCUT2D eigenvalue weighted by Crippen LogP contribution is 2.40. The number of hydrogen-bond donors (Lipinski definition) is 0. The SMILES string of the molecule is CN1C(=O)COc2c(Cl)cc(CC(=O)c3cnn(-c4cccc5ncccc45)c3C(F)(F)F)cc21. The van der Waals surface area contributed by atoms with Gasteiger partial charge < -0.3 is 9.64 Å². The van der Waals surface area contributed by atoms with Crippen LogP contribution < -0.4 is 9.64 Å². The van der Waals surface area contributed by atoms with Gasteiger partial charge in [-0.2, -0.15) is 18.3 Å². The summed E-state index contributed by atoms with van der Waals surface area (Å²) in [6.07, 6.45) is -2.80. The zero-order valence-corrected chi connectivity index (χ0v) is 18.9. The standard InChI is InChI=1S/C24H16ClF3N4O3/c1-31-19-9-13(8-16(25)22(19)35-12-21(31)34)10-20(33)15-11-30-32(23(15)24(26,27)28)18-6-2-5-17-14(18)4-3-7-29-17/h2-9,11H,10,12H2,1H3. The Morgan fingerprint density at radius 2 is 1.97 bits per heavy atom. The molecule has 0 radical (unpaired) electrons. The van der Waals surface area contributed by atoms with E-state index < -0.39 is 23.2 Å². The van der Waals surface area contributed by atoms with Gasteiger partial charge in [-0.1, -0.05) is 17.7 Å². The van der Waals surface area contributed by atoms with E-state index in [1.165, 1.54) is 36.3 Å². The lowest BCUT2D eigenvalue weighted by Gasteiger charge is -2.27. The second kappa shape index (κ2) is 8.38. The number of halogens is 4. The summed E-state index contributed by atoms with van der Waals surface area (Å²) in [7, 11) is 1.52. The average Bonchev–Trinajstić information content (AvgIpc) is 3.27. The molecule has 35 heavy (non-hydrogen) atoms. The Morgan fingerprint density at radius 3 is 2.74 bits per heavy atom. The first-order chi connectivity index (χ1) is 16.6. The number of aromatic nitrogens is 3. The molecule has 0 fully saturated rings. The van der Waals surface area contributed by atoms with E-state index >= 15 is 0 Å². The van der Waals surface area contributed by atoms with Crippen LogP contribution in [-0.2, 0) is 17.4 Å². The van der Waals surface area contributed by atoms with E-state index in [0.717, 1.165) is 10.9 Å². The molecule has 0 aliphatic carbocycles. The Morgan fingerprint density at radius 1 is 1.17 bits per heavy atom. The summed E-state index contributed by atoms with van der Waals surface area (Å²) in [5, 5.41) is 4.53. The Hall–Kier alpha value is -3.92. The fourth-order valence-electron chi connectivity index (χ4n) is 4.05. The van der Waals surface area contributed by atoms with Crippen molar-refractivity contribution in [1.82, 2.24) is 14.8 Å². The molecular weight excluding hydrogens is 485 g/mol. The number of pyridine rings is 1. The van der Waals surface area contributed by atoms with Gasteiger partial charge in [0.15, 0.2) is 23.8 Å². The molecule has 178 valence electrons. The fourth-order valence-corrected chi connectivity index (χ4v) is 4.34. The lowest BCUT2D eigenvalue weighted by atomic mass is 10.0. The van der Waals surface area contributed by atoms with Crippen LogP contribution in [0.15, 0.2) is 54.9 Å². The molecular formula is C24H16ClF3N4O3. The summed E-state index contributed by atoms with van der Waals surface area (Å²) < 4.78 is 48.7. The van der Waals surface area contributed by atoms with E-state index in [4.69, 9.17) is 16.3 Å². The number of rotatable bonds is 4. The number of nitrogens with zero attached hydrogens (tertiary/aromatic N) is 4. The Balaban J connectivity index is 1.56. The fraction of sp³-hybridized carbons (Fsp3) is 0.167. The summed E-state index contributed by atoms with van der Waals surface area (Å²) in [5.41, 5.74) is -0.445. The quantitative estimate of drug-likeness (QED) is 0.373. The maximum Gasteiger partial charge on any atom is 0.434 e.